The Hall–Kier alpha value is -3.75. The summed E-state index contributed by atoms with van der Waals surface area (Å²) in [5.41, 5.74) is 2.69. The van der Waals surface area contributed by atoms with Crippen LogP contribution in [0.15, 0.2) is 51.9 Å². The molecule has 9 nitrogen and oxygen atoms in total. The number of carbonyl (C=O) groups is 1. The summed E-state index contributed by atoms with van der Waals surface area (Å²) in [7, 11) is 1.65. The van der Waals surface area contributed by atoms with Crippen molar-refractivity contribution in [3.05, 3.63) is 58.8 Å². The van der Waals surface area contributed by atoms with Gasteiger partial charge in [0, 0.05) is 56.5 Å². The molecular weight excluding hydrogens is 422 g/mol. The number of nitrogens with zero attached hydrogens (tertiary/aromatic N) is 5. The molecule has 1 saturated heterocycles. The Morgan fingerprint density at radius 1 is 1.15 bits per heavy atom. The van der Waals surface area contributed by atoms with Gasteiger partial charge in [-0.05, 0) is 19.1 Å². The van der Waals surface area contributed by atoms with E-state index in [4.69, 9.17) is 9.15 Å². The van der Waals surface area contributed by atoms with E-state index in [1.807, 2.05) is 46.6 Å². The van der Waals surface area contributed by atoms with Gasteiger partial charge < -0.3 is 19.0 Å². The minimum absolute atomic E-state index is 0.100. The molecule has 33 heavy (non-hydrogen) atoms. The Morgan fingerprint density at radius 3 is 2.67 bits per heavy atom. The van der Waals surface area contributed by atoms with Crippen LogP contribution in [0.25, 0.3) is 16.6 Å². The minimum Gasteiger partial charge on any atom is -0.497 e. The van der Waals surface area contributed by atoms with E-state index in [-0.39, 0.29) is 11.5 Å². The van der Waals surface area contributed by atoms with Crippen LogP contribution < -0.4 is 15.2 Å². The van der Waals surface area contributed by atoms with Crippen LogP contribution in [-0.4, -0.2) is 58.3 Å². The third-order valence-corrected chi connectivity index (χ3v) is 6.38. The molecule has 0 spiro atoms. The Morgan fingerprint density at radius 2 is 1.94 bits per heavy atom. The summed E-state index contributed by atoms with van der Waals surface area (Å²) < 4.78 is 13.9. The number of anilines is 1. The van der Waals surface area contributed by atoms with Crippen molar-refractivity contribution in [1.82, 2.24) is 19.1 Å². The van der Waals surface area contributed by atoms with Crippen molar-refractivity contribution < 1.29 is 13.9 Å². The van der Waals surface area contributed by atoms with Crippen molar-refractivity contribution in [2.24, 2.45) is 0 Å². The summed E-state index contributed by atoms with van der Waals surface area (Å²) in [6, 6.07) is 10.8. The number of furan rings is 1. The number of rotatable bonds is 5. The zero-order valence-electron chi connectivity index (χ0n) is 19.0. The number of methoxy groups -OCH3 is 1. The molecular formula is C24H27N5O4. The van der Waals surface area contributed by atoms with Gasteiger partial charge in [-0.15, -0.1) is 0 Å². The molecule has 0 unspecified atom stereocenters. The standard InChI is InChI=1S/C24H27N5O4/c1-4-22-25-29(24(31)20-15-21-19(28(20)22)8-13-33-21)16(2)23(30)27-11-9-26(10-12-27)17-6-5-7-18(14-17)32-3/h5-8,13-16H,4,9-12H2,1-3H3/t16-/m1/s1. The lowest BCUT2D eigenvalue weighted by Gasteiger charge is -2.37. The Kier molecular flexibility index (Phi) is 5.32. The number of amides is 1. The number of benzene rings is 1. The van der Waals surface area contributed by atoms with E-state index < -0.39 is 6.04 Å². The van der Waals surface area contributed by atoms with E-state index in [1.54, 1.807) is 26.4 Å². The topological polar surface area (TPSA) is 85.2 Å². The number of fused-ring (bicyclic) bond motifs is 3. The molecule has 4 heterocycles. The fourth-order valence-electron chi connectivity index (χ4n) is 4.55. The average molecular weight is 450 g/mol. The van der Waals surface area contributed by atoms with E-state index >= 15 is 0 Å². The largest absolute Gasteiger partial charge is 0.497 e. The molecule has 0 bridgehead atoms. The summed E-state index contributed by atoms with van der Waals surface area (Å²) in [6.07, 6.45) is 2.21. The molecule has 1 aromatic carbocycles. The number of ether oxygens (including phenoxy) is 1. The summed E-state index contributed by atoms with van der Waals surface area (Å²) >= 11 is 0. The first-order valence-corrected chi connectivity index (χ1v) is 11.2. The van der Waals surface area contributed by atoms with Crippen LogP contribution in [0.4, 0.5) is 5.69 Å². The summed E-state index contributed by atoms with van der Waals surface area (Å²) in [5.74, 6) is 1.42. The molecule has 0 radical (unpaired) electrons. The van der Waals surface area contributed by atoms with Crippen LogP contribution in [-0.2, 0) is 11.2 Å². The van der Waals surface area contributed by atoms with Crippen molar-refractivity contribution in [3.63, 3.8) is 0 Å². The second-order valence-electron chi connectivity index (χ2n) is 8.24. The van der Waals surface area contributed by atoms with E-state index in [0.717, 1.165) is 17.0 Å². The van der Waals surface area contributed by atoms with Crippen molar-refractivity contribution in [2.45, 2.75) is 26.3 Å². The third kappa shape index (κ3) is 3.53. The zero-order valence-corrected chi connectivity index (χ0v) is 19.0. The molecule has 172 valence electrons. The fraction of sp³-hybridized carbons (Fsp3) is 0.375. The monoisotopic (exact) mass is 449 g/mol. The highest BCUT2D eigenvalue weighted by Crippen LogP contribution is 2.24. The first-order chi connectivity index (χ1) is 16.0. The molecule has 1 amide bonds. The Balaban J connectivity index is 1.37. The van der Waals surface area contributed by atoms with E-state index in [0.29, 0.717) is 49.5 Å². The number of aryl methyl sites for hydroxylation is 1. The normalized spacial score (nSPS) is 15.4. The van der Waals surface area contributed by atoms with Crippen molar-refractivity contribution in [1.29, 1.82) is 0 Å². The molecule has 1 fully saturated rings. The summed E-state index contributed by atoms with van der Waals surface area (Å²) in [4.78, 5) is 30.6. The molecule has 3 aromatic heterocycles. The first kappa shape index (κ1) is 21.1. The van der Waals surface area contributed by atoms with Gasteiger partial charge in [-0.25, -0.2) is 4.68 Å². The molecule has 9 heteroatoms. The minimum atomic E-state index is -0.697. The number of hydrogen-bond acceptors (Lipinski definition) is 6. The first-order valence-electron chi connectivity index (χ1n) is 11.2. The van der Waals surface area contributed by atoms with Crippen molar-refractivity contribution in [3.8, 4) is 5.75 Å². The number of piperazine rings is 1. The highest BCUT2D eigenvalue weighted by atomic mass is 16.5. The number of hydrogen-bond donors (Lipinski definition) is 0. The van der Waals surface area contributed by atoms with Crippen molar-refractivity contribution >= 4 is 28.2 Å². The van der Waals surface area contributed by atoms with E-state index in [9.17, 15) is 9.59 Å². The molecule has 4 aromatic rings. The van der Waals surface area contributed by atoms with Gasteiger partial charge in [0.25, 0.3) is 5.56 Å². The smallest absolute Gasteiger partial charge is 0.291 e. The van der Waals surface area contributed by atoms with Crippen LogP contribution in [0.3, 0.4) is 0 Å². The molecule has 1 aliphatic rings. The predicted octanol–water partition coefficient (Wildman–Crippen LogP) is 2.72. The lowest BCUT2D eigenvalue weighted by Crippen LogP contribution is -2.51. The van der Waals surface area contributed by atoms with Gasteiger partial charge in [0.05, 0.1) is 18.9 Å². The molecule has 5 rings (SSSR count). The maximum absolute atomic E-state index is 13.3. The van der Waals surface area contributed by atoms with Crippen LogP contribution in [0.1, 0.15) is 25.7 Å². The number of carbonyl (C=O) groups excluding carboxylic acids is 1. The van der Waals surface area contributed by atoms with E-state index in [2.05, 4.69) is 10.00 Å². The van der Waals surface area contributed by atoms with Gasteiger partial charge in [0.2, 0.25) is 5.91 Å². The number of aromatic nitrogens is 3. The van der Waals surface area contributed by atoms with Crippen LogP contribution >= 0.6 is 0 Å². The van der Waals surface area contributed by atoms with Gasteiger partial charge in [0.15, 0.2) is 5.58 Å². The molecule has 1 atom stereocenters. The van der Waals surface area contributed by atoms with Gasteiger partial charge in [-0.2, -0.15) is 5.10 Å². The van der Waals surface area contributed by atoms with Gasteiger partial charge in [0.1, 0.15) is 23.1 Å². The van der Waals surface area contributed by atoms with Crippen LogP contribution in [0, 0.1) is 0 Å². The fourth-order valence-corrected chi connectivity index (χ4v) is 4.55. The Bertz CT molecular complexity index is 1380. The molecule has 0 aliphatic carbocycles. The Labute approximate surface area is 190 Å². The van der Waals surface area contributed by atoms with Gasteiger partial charge in [-0.3, -0.25) is 14.0 Å². The zero-order chi connectivity index (χ0) is 23.1. The molecule has 0 N–H and O–H groups in total. The quantitative estimate of drug-likeness (QED) is 0.466. The second kappa shape index (κ2) is 8.31. The lowest BCUT2D eigenvalue weighted by molar-refractivity contribution is -0.135. The highest BCUT2D eigenvalue weighted by molar-refractivity contribution is 5.83. The predicted molar refractivity (Wildman–Crippen MR) is 125 cm³/mol. The SMILES string of the molecule is CCc1nn([C@H](C)C(=O)N2CCN(c3cccc(OC)c3)CC2)c(=O)c2cc3occc3n12. The maximum Gasteiger partial charge on any atom is 0.291 e. The van der Waals surface area contributed by atoms with Crippen LogP contribution in [0.5, 0.6) is 5.75 Å². The van der Waals surface area contributed by atoms with Crippen LogP contribution in [0.2, 0.25) is 0 Å². The average Bonchev–Trinajstić information content (AvgIpc) is 3.46. The van der Waals surface area contributed by atoms with Gasteiger partial charge in [-0.1, -0.05) is 13.0 Å². The molecule has 1 aliphatic heterocycles. The summed E-state index contributed by atoms with van der Waals surface area (Å²) in [6.45, 7) is 6.30. The highest BCUT2D eigenvalue weighted by Gasteiger charge is 2.28. The third-order valence-electron chi connectivity index (χ3n) is 6.38. The molecule has 0 saturated carbocycles. The van der Waals surface area contributed by atoms with E-state index in [1.165, 1.54) is 4.68 Å². The second-order valence-corrected chi connectivity index (χ2v) is 8.24. The van der Waals surface area contributed by atoms with Crippen molar-refractivity contribution in [2.75, 3.05) is 38.2 Å². The lowest BCUT2D eigenvalue weighted by atomic mass is 10.2. The maximum atomic E-state index is 13.3. The summed E-state index contributed by atoms with van der Waals surface area (Å²) in [5, 5.41) is 4.57. The van der Waals surface area contributed by atoms with Gasteiger partial charge >= 0.3 is 0 Å².